The highest BCUT2D eigenvalue weighted by Crippen LogP contribution is 2.28. The highest BCUT2D eigenvalue weighted by molar-refractivity contribution is 5.86. The molecule has 24 heavy (non-hydrogen) atoms. The standard InChI is InChI=1S/C17H33N3O2.2ClH/c1-14(21)12-20-10-6-15(7-11-20)13-19(2)16(22)17(18)8-4-3-5-9-17;;/h14-15,21H,3-13,18H2,1-2H3;2*1H. The molecule has 1 heterocycles. The van der Waals surface area contributed by atoms with Crippen LogP contribution in [-0.2, 0) is 4.79 Å². The van der Waals surface area contributed by atoms with Crippen LogP contribution in [0.5, 0.6) is 0 Å². The second kappa shape index (κ2) is 10.8. The van der Waals surface area contributed by atoms with E-state index in [0.29, 0.717) is 5.92 Å². The largest absolute Gasteiger partial charge is 0.392 e. The maximum atomic E-state index is 12.7. The Balaban J connectivity index is 0.00000264. The molecule has 144 valence electrons. The Morgan fingerprint density at radius 3 is 2.29 bits per heavy atom. The second-order valence-electron chi connectivity index (χ2n) is 7.50. The molecule has 0 aromatic heterocycles. The number of rotatable bonds is 5. The van der Waals surface area contributed by atoms with Gasteiger partial charge in [-0.2, -0.15) is 0 Å². The van der Waals surface area contributed by atoms with Crippen LogP contribution < -0.4 is 5.73 Å². The third-order valence-corrected chi connectivity index (χ3v) is 5.28. The van der Waals surface area contributed by atoms with E-state index < -0.39 is 5.54 Å². The molecule has 0 radical (unpaired) electrons. The number of hydrogen-bond acceptors (Lipinski definition) is 4. The zero-order chi connectivity index (χ0) is 16.2. The average molecular weight is 384 g/mol. The average Bonchev–Trinajstić information content (AvgIpc) is 2.48. The molecule has 1 saturated carbocycles. The lowest BCUT2D eigenvalue weighted by molar-refractivity contribution is -0.137. The maximum Gasteiger partial charge on any atom is 0.242 e. The molecular weight excluding hydrogens is 349 g/mol. The van der Waals surface area contributed by atoms with E-state index in [1.807, 2.05) is 18.9 Å². The third kappa shape index (κ3) is 6.68. The van der Waals surface area contributed by atoms with Gasteiger partial charge in [0, 0.05) is 20.1 Å². The predicted molar refractivity (Wildman–Crippen MR) is 103 cm³/mol. The molecule has 1 unspecified atom stereocenters. The van der Waals surface area contributed by atoms with Crippen LogP contribution in [-0.4, -0.2) is 65.7 Å². The Labute approximate surface area is 159 Å². The summed E-state index contributed by atoms with van der Waals surface area (Å²) >= 11 is 0. The van der Waals surface area contributed by atoms with Crippen LogP contribution in [0.4, 0.5) is 0 Å². The molecule has 0 spiro atoms. The van der Waals surface area contributed by atoms with Crippen LogP contribution in [0.3, 0.4) is 0 Å². The molecule has 1 saturated heterocycles. The minimum Gasteiger partial charge on any atom is -0.392 e. The number of halogens is 2. The molecule has 7 heteroatoms. The van der Waals surface area contributed by atoms with Crippen molar-refractivity contribution in [2.45, 2.75) is 63.5 Å². The molecule has 1 aliphatic carbocycles. The van der Waals surface area contributed by atoms with Gasteiger partial charge in [-0.1, -0.05) is 19.3 Å². The fraction of sp³-hybridized carbons (Fsp3) is 0.941. The van der Waals surface area contributed by atoms with Gasteiger partial charge >= 0.3 is 0 Å². The molecule has 5 nitrogen and oxygen atoms in total. The van der Waals surface area contributed by atoms with Crippen molar-refractivity contribution in [2.75, 3.05) is 33.2 Å². The van der Waals surface area contributed by atoms with E-state index in [4.69, 9.17) is 5.73 Å². The van der Waals surface area contributed by atoms with Crippen molar-refractivity contribution >= 4 is 30.7 Å². The number of nitrogens with zero attached hydrogens (tertiary/aromatic N) is 2. The third-order valence-electron chi connectivity index (χ3n) is 5.28. The lowest BCUT2D eigenvalue weighted by atomic mass is 9.81. The molecule has 2 aliphatic rings. The lowest BCUT2D eigenvalue weighted by Crippen LogP contribution is -2.56. The number of β-amino-alcohol motifs (C(OH)–C–C–N with tert-alkyl or cyclic N) is 1. The molecule has 2 fully saturated rings. The summed E-state index contributed by atoms with van der Waals surface area (Å²) in [5.41, 5.74) is 5.75. The molecule has 1 atom stereocenters. The maximum absolute atomic E-state index is 12.7. The number of aliphatic hydroxyl groups is 1. The summed E-state index contributed by atoms with van der Waals surface area (Å²) in [6, 6.07) is 0. The van der Waals surface area contributed by atoms with E-state index in [1.54, 1.807) is 0 Å². The van der Waals surface area contributed by atoms with E-state index in [9.17, 15) is 9.90 Å². The minimum absolute atomic E-state index is 0. The lowest BCUT2D eigenvalue weighted by Gasteiger charge is -2.38. The van der Waals surface area contributed by atoms with Gasteiger partial charge in [0.15, 0.2) is 0 Å². The fourth-order valence-corrected chi connectivity index (χ4v) is 3.97. The summed E-state index contributed by atoms with van der Waals surface area (Å²) in [5.74, 6) is 0.699. The fourth-order valence-electron chi connectivity index (χ4n) is 3.97. The quantitative estimate of drug-likeness (QED) is 0.761. The van der Waals surface area contributed by atoms with Crippen molar-refractivity contribution in [3.8, 4) is 0 Å². The molecular formula is C17H35Cl2N3O2. The summed E-state index contributed by atoms with van der Waals surface area (Å²) in [7, 11) is 1.91. The molecule has 0 bridgehead atoms. The van der Waals surface area contributed by atoms with Crippen molar-refractivity contribution < 1.29 is 9.90 Å². The Kier molecular flexibility index (Phi) is 10.8. The first-order valence-electron chi connectivity index (χ1n) is 8.85. The van der Waals surface area contributed by atoms with Crippen molar-refractivity contribution in [3.05, 3.63) is 0 Å². The van der Waals surface area contributed by atoms with Crippen molar-refractivity contribution in [1.82, 2.24) is 9.80 Å². The van der Waals surface area contributed by atoms with Gasteiger partial charge < -0.3 is 20.6 Å². The Bertz CT molecular complexity index is 369. The van der Waals surface area contributed by atoms with Crippen LogP contribution in [0.15, 0.2) is 0 Å². The zero-order valence-electron chi connectivity index (χ0n) is 15.1. The van der Waals surface area contributed by atoms with E-state index in [2.05, 4.69) is 4.90 Å². The molecule has 0 aromatic rings. The number of aliphatic hydroxyl groups excluding tert-OH is 1. The van der Waals surface area contributed by atoms with Crippen LogP contribution in [0.2, 0.25) is 0 Å². The van der Waals surface area contributed by atoms with Gasteiger partial charge in [0.1, 0.15) is 0 Å². The SMILES string of the molecule is CC(O)CN1CCC(CN(C)C(=O)C2(N)CCCCC2)CC1.Cl.Cl. The van der Waals surface area contributed by atoms with Gasteiger partial charge in [0.2, 0.25) is 5.91 Å². The number of carbonyl (C=O) groups excluding carboxylic acids is 1. The van der Waals surface area contributed by atoms with Crippen LogP contribution in [0, 0.1) is 5.92 Å². The van der Waals surface area contributed by atoms with E-state index in [-0.39, 0.29) is 36.8 Å². The topological polar surface area (TPSA) is 69.8 Å². The van der Waals surface area contributed by atoms with Crippen LogP contribution in [0.25, 0.3) is 0 Å². The number of hydrogen-bond donors (Lipinski definition) is 2. The second-order valence-corrected chi connectivity index (χ2v) is 7.50. The number of amides is 1. The smallest absolute Gasteiger partial charge is 0.242 e. The Morgan fingerprint density at radius 1 is 1.25 bits per heavy atom. The number of carbonyl (C=O) groups is 1. The van der Waals surface area contributed by atoms with Crippen molar-refractivity contribution in [2.24, 2.45) is 11.7 Å². The normalized spacial score (nSPS) is 22.8. The summed E-state index contributed by atoms with van der Waals surface area (Å²) < 4.78 is 0. The monoisotopic (exact) mass is 383 g/mol. The Morgan fingerprint density at radius 2 is 1.79 bits per heavy atom. The molecule has 3 N–H and O–H groups in total. The predicted octanol–water partition coefficient (Wildman–Crippen LogP) is 2.04. The van der Waals surface area contributed by atoms with Gasteiger partial charge in [-0.15, -0.1) is 24.8 Å². The first kappa shape index (κ1) is 23.9. The van der Waals surface area contributed by atoms with Gasteiger partial charge in [0.25, 0.3) is 0 Å². The zero-order valence-corrected chi connectivity index (χ0v) is 16.7. The highest BCUT2D eigenvalue weighted by atomic mass is 35.5. The Hall–Kier alpha value is -0.0700. The van der Waals surface area contributed by atoms with Gasteiger partial charge in [-0.05, 0) is 51.6 Å². The number of piperidine rings is 1. The van der Waals surface area contributed by atoms with Gasteiger partial charge in [0.05, 0.1) is 11.6 Å². The highest BCUT2D eigenvalue weighted by Gasteiger charge is 2.37. The first-order chi connectivity index (χ1) is 10.4. The first-order valence-corrected chi connectivity index (χ1v) is 8.85. The number of likely N-dealkylation sites (N-methyl/N-ethyl adjacent to an activating group) is 1. The van der Waals surface area contributed by atoms with Crippen molar-refractivity contribution in [3.63, 3.8) is 0 Å². The molecule has 1 aliphatic heterocycles. The molecule has 2 rings (SSSR count). The summed E-state index contributed by atoms with van der Waals surface area (Å²) in [4.78, 5) is 16.9. The van der Waals surface area contributed by atoms with Crippen molar-refractivity contribution in [1.29, 1.82) is 0 Å². The summed E-state index contributed by atoms with van der Waals surface area (Å²) in [5, 5.41) is 9.45. The minimum atomic E-state index is -0.611. The summed E-state index contributed by atoms with van der Waals surface area (Å²) in [6.07, 6.45) is 6.97. The van der Waals surface area contributed by atoms with E-state index in [0.717, 1.165) is 64.7 Å². The van der Waals surface area contributed by atoms with E-state index >= 15 is 0 Å². The van der Waals surface area contributed by atoms with Crippen LogP contribution in [0.1, 0.15) is 51.9 Å². The molecule has 0 aromatic carbocycles. The van der Waals surface area contributed by atoms with Gasteiger partial charge in [-0.3, -0.25) is 4.79 Å². The molecule has 1 amide bonds. The van der Waals surface area contributed by atoms with Gasteiger partial charge in [-0.25, -0.2) is 0 Å². The number of likely N-dealkylation sites (tertiary alicyclic amines) is 1. The summed E-state index contributed by atoms with van der Waals surface area (Å²) in [6.45, 7) is 5.45. The van der Waals surface area contributed by atoms with Crippen LogP contribution >= 0.6 is 24.8 Å². The van der Waals surface area contributed by atoms with E-state index in [1.165, 1.54) is 6.42 Å². The number of nitrogens with two attached hydrogens (primary N) is 1.